The van der Waals surface area contributed by atoms with E-state index in [0.29, 0.717) is 5.96 Å². The minimum Gasteiger partial charge on any atom is -0.386 e. The van der Waals surface area contributed by atoms with Gasteiger partial charge in [0.2, 0.25) is 0 Å². The lowest BCUT2D eigenvalue weighted by molar-refractivity contribution is 0.182. The molecule has 1 saturated heterocycles. The number of rotatable bonds is 3. The highest BCUT2D eigenvalue weighted by Crippen LogP contribution is 2.17. The van der Waals surface area contributed by atoms with Gasteiger partial charge in [0.15, 0.2) is 5.96 Å². The number of hydrogen-bond acceptors (Lipinski definition) is 2. The quantitative estimate of drug-likeness (QED) is 0.657. The van der Waals surface area contributed by atoms with Crippen molar-refractivity contribution in [1.82, 2.24) is 4.90 Å². The maximum atomic E-state index is 13.5. The van der Waals surface area contributed by atoms with E-state index in [9.17, 15) is 9.50 Å². The fraction of sp³-hybridized carbons (Fsp3) is 0.533. The standard InChI is InChI=1S/C15H22FN3O/c16-13-8-4-3-7-12(13)14(20)11-18-15(17)19-9-5-1-2-6-10-19/h3-4,7-8,14,20H,1-2,5-6,9-11H2,(H2,17,18). The van der Waals surface area contributed by atoms with Crippen molar-refractivity contribution in [3.8, 4) is 0 Å². The van der Waals surface area contributed by atoms with Gasteiger partial charge >= 0.3 is 0 Å². The molecule has 5 heteroatoms. The molecule has 0 aliphatic carbocycles. The zero-order valence-electron chi connectivity index (χ0n) is 11.6. The first kappa shape index (κ1) is 14.8. The Labute approximate surface area is 119 Å². The van der Waals surface area contributed by atoms with Gasteiger partial charge in [0.05, 0.1) is 6.54 Å². The van der Waals surface area contributed by atoms with Crippen molar-refractivity contribution in [3.63, 3.8) is 0 Å². The molecule has 20 heavy (non-hydrogen) atoms. The molecule has 1 unspecified atom stereocenters. The molecule has 0 amide bonds. The van der Waals surface area contributed by atoms with E-state index in [-0.39, 0.29) is 12.1 Å². The Morgan fingerprint density at radius 2 is 1.90 bits per heavy atom. The summed E-state index contributed by atoms with van der Waals surface area (Å²) in [6.45, 7) is 1.90. The fourth-order valence-corrected chi connectivity index (χ4v) is 2.42. The van der Waals surface area contributed by atoms with E-state index in [1.165, 1.54) is 18.9 Å². The van der Waals surface area contributed by atoms with Crippen molar-refractivity contribution in [3.05, 3.63) is 35.6 Å². The Hall–Kier alpha value is -1.62. The number of likely N-dealkylation sites (tertiary alicyclic amines) is 1. The van der Waals surface area contributed by atoms with E-state index in [1.807, 2.05) is 4.90 Å². The normalized spacial score (nSPS) is 18.7. The summed E-state index contributed by atoms with van der Waals surface area (Å²) in [5, 5.41) is 9.98. The average Bonchev–Trinajstić information content (AvgIpc) is 2.74. The lowest BCUT2D eigenvalue weighted by atomic mass is 10.1. The van der Waals surface area contributed by atoms with Crippen LogP contribution in [0.4, 0.5) is 4.39 Å². The molecule has 1 atom stereocenters. The average molecular weight is 279 g/mol. The molecule has 1 aromatic rings. The Morgan fingerprint density at radius 1 is 1.25 bits per heavy atom. The van der Waals surface area contributed by atoms with Crippen molar-refractivity contribution < 1.29 is 9.50 Å². The second-order valence-corrected chi connectivity index (χ2v) is 5.14. The molecule has 0 bridgehead atoms. The summed E-state index contributed by atoms with van der Waals surface area (Å²) in [4.78, 5) is 6.25. The van der Waals surface area contributed by atoms with Crippen LogP contribution in [0.3, 0.4) is 0 Å². The lowest BCUT2D eigenvalue weighted by Gasteiger charge is -2.21. The number of nitrogens with two attached hydrogens (primary N) is 1. The molecule has 0 saturated carbocycles. The SMILES string of the molecule is NC(=NCC(O)c1ccccc1F)N1CCCCCC1. The number of aliphatic hydroxyl groups excluding tert-OH is 1. The number of aliphatic imine (C=N–C) groups is 1. The Balaban J connectivity index is 1.95. The smallest absolute Gasteiger partial charge is 0.191 e. The second kappa shape index (κ2) is 7.24. The summed E-state index contributed by atoms with van der Waals surface area (Å²) >= 11 is 0. The lowest BCUT2D eigenvalue weighted by Crippen LogP contribution is -2.38. The van der Waals surface area contributed by atoms with Crippen molar-refractivity contribution in [1.29, 1.82) is 0 Å². The minimum absolute atomic E-state index is 0.0866. The van der Waals surface area contributed by atoms with E-state index >= 15 is 0 Å². The van der Waals surface area contributed by atoms with Gasteiger partial charge < -0.3 is 15.7 Å². The molecule has 2 rings (SSSR count). The molecule has 0 spiro atoms. The molecular weight excluding hydrogens is 257 g/mol. The monoisotopic (exact) mass is 279 g/mol. The number of hydrogen-bond donors (Lipinski definition) is 2. The van der Waals surface area contributed by atoms with Crippen LogP contribution in [-0.4, -0.2) is 35.6 Å². The predicted molar refractivity (Wildman–Crippen MR) is 77.9 cm³/mol. The van der Waals surface area contributed by atoms with Crippen LogP contribution in [0.25, 0.3) is 0 Å². The predicted octanol–water partition coefficient (Wildman–Crippen LogP) is 2.05. The van der Waals surface area contributed by atoms with Gasteiger partial charge in [-0.3, -0.25) is 4.99 Å². The Morgan fingerprint density at radius 3 is 2.55 bits per heavy atom. The molecule has 1 heterocycles. The molecule has 0 radical (unpaired) electrons. The third-order valence-corrected chi connectivity index (χ3v) is 3.62. The molecule has 1 aliphatic rings. The fourth-order valence-electron chi connectivity index (χ4n) is 2.42. The number of nitrogens with zero attached hydrogens (tertiary/aromatic N) is 2. The number of benzene rings is 1. The minimum atomic E-state index is -0.957. The first-order valence-electron chi connectivity index (χ1n) is 7.16. The summed E-state index contributed by atoms with van der Waals surface area (Å²) in [5.74, 6) is 0.0332. The first-order valence-corrected chi connectivity index (χ1v) is 7.16. The highest BCUT2D eigenvalue weighted by Gasteiger charge is 2.14. The highest BCUT2D eigenvalue weighted by atomic mass is 19.1. The summed E-state index contributed by atoms with van der Waals surface area (Å²) < 4.78 is 13.5. The van der Waals surface area contributed by atoms with Crippen molar-refractivity contribution >= 4 is 5.96 Å². The van der Waals surface area contributed by atoms with Gasteiger partial charge in [-0.25, -0.2) is 4.39 Å². The third-order valence-electron chi connectivity index (χ3n) is 3.62. The maximum absolute atomic E-state index is 13.5. The topological polar surface area (TPSA) is 61.9 Å². The summed E-state index contributed by atoms with van der Waals surface area (Å²) in [5.41, 5.74) is 6.22. The second-order valence-electron chi connectivity index (χ2n) is 5.14. The largest absolute Gasteiger partial charge is 0.386 e. The van der Waals surface area contributed by atoms with Crippen LogP contribution in [0, 0.1) is 5.82 Å². The van der Waals surface area contributed by atoms with Gasteiger partial charge in [-0.2, -0.15) is 0 Å². The zero-order valence-corrected chi connectivity index (χ0v) is 11.6. The Kier molecular flexibility index (Phi) is 5.35. The van der Waals surface area contributed by atoms with Gasteiger partial charge in [-0.15, -0.1) is 0 Å². The van der Waals surface area contributed by atoms with Crippen LogP contribution in [0.15, 0.2) is 29.3 Å². The highest BCUT2D eigenvalue weighted by molar-refractivity contribution is 5.78. The summed E-state index contributed by atoms with van der Waals surface area (Å²) in [6.07, 6.45) is 3.73. The molecular formula is C15H22FN3O. The number of guanidine groups is 1. The van der Waals surface area contributed by atoms with Crippen LogP contribution >= 0.6 is 0 Å². The van der Waals surface area contributed by atoms with Gasteiger partial charge in [0, 0.05) is 18.7 Å². The van der Waals surface area contributed by atoms with Gasteiger partial charge in [0.1, 0.15) is 11.9 Å². The molecule has 1 aromatic carbocycles. The summed E-state index contributed by atoms with van der Waals surface area (Å²) in [6, 6.07) is 6.20. The summed E-state index contributed by atoms with van der Waals surface area (Å²) in [7, 11) is 0. The molecule has 0 aromatic heterocycles. The van der Waals surface area contributed by atoms with E-state index in [2.05, 4.69) is 4.99 Å². The molecule has 110 valence electrons. The molecule has 1 fully saturated rings. The third kappa shape index (κ3) is 3.93. The molecule has 1 aliphatic heterocycles. The van der Waals surface area contributed by atoms with Crippen molar-refractivity contribution in [2.45, 2.75) is 31.8 Å². The molecule has 4 nitrogen and oxygen atoms in total. The van der Waals surface area contributed by atoms with Gasteiger partial charge in [-0.05, 0) is 18.9 Å². The molecule has 3 N–H and O–H groups in total. The van der Waals surface area contributed by atoms with E-state index in [1.54, 1.807) is 18.2 Å². The van der Waals surface area contributed by atoms with Gasteiger partial charge in [-0.1, -0.05) is 31.0 Å². The van der Waals surface area contributed by atoms with Crippen molar-refractivity contribution in [2.75, 3.05) is 19.6 Å². The van der Waals surface area contributed by atoms with Crippen LogP contribution < -0.4 is 5.73 Å². The van der Waals surface area contributed by atoms with Gasteiger partial charge in [0.25, 0.3) is 0 Å². The first-order chi connectivity index (χ1) is 9.68. The van der Waals surface area contributed by atoms with Crippen LogP contribution in [0.2, 0.25) is 0 Å². The maximum Gasteiger partial charge on any atom is 0.191 e. The Bertz CT molecular complexity index is 456. The van der Waals surface area contributed by atoms with E-state index in [4.69, 9.17) is 5.73 Å². The number of halogens is 1. The zero-order chi connectivity index (χ0) is 14.4. The van der Waals surface area contributed by atoms with Crippen LogP contribution in [-0.2, 0) is 0 Å². The van der Waals surface area contributed by atoms with Crippen LogP contribution in [0.1, 0.15) is 37.4 Å². The van der Waals surface area contributed by atoms with E-state index in [0.717, 1.165) is 25.9 Å². The van der Waals surface area contributed by atoms with Crippen molar-refractivity contribution in [2.24, 2.45) is 10.7 Å². The van der Waals surface area contributed by atoms with Crippen LogP contribution in [0.5, 0.6) is 0 Å². The number of aliphatic hydroxyl groups is 1. The van der Waals surface area contributed by atoms with E-state index < -0.39 is 11.9 Å².